The van der Waals surface area contributed by atoms with Gasteiger partial charge in [0.1, 0.15) is 22.9 Å². The van der Waals surface area contributed by atoms with Crippen molar-refractivity contribution in [3.8, 4) is 22.6 Å². The highest BCUT2D eigenvalue weighted by Crippen LogP contribution is 2.39. The molecule has 0 bridgehead atoms. The molecule has 1 atom stereocenters. The Bertz CT molecular complexity index is 1440. The Balaban J connectivity index is 1.45. The molecule has 1 amide bonds. The zero-order chi connectivity index (χ0) is 24.5. The summed E-state index contributed by atoms with van der Waals surface area (Å²) in [6.07, 6.45) is 3.21. The number of rotatable bonds is 6. The molecule has 4 aromatic rings. The Labute approximate surface area is 207 Å². The fraction of sp³-hybridized carbons (Fsp3) is 0.296. The summed E-state index contributed by atoms with van der Waals surface area (Å²) in [6, 6.07) is 13.6. The second kappa shape index (κ2) is 9.54. The van der Waals surface area contributed by atoms with Crippen LogP contribution >= 0.6 is 11.3 Å². The number of carbonyl (C=O) groups is 1. The number of hydrogen-bond donors (Lipinski definition) is 0. The lowest BCUT2D eigenvalue weighted by atomic mass is 10.0. The van der Waals surface area contributed by atoms with Gasteiger partial charge < -0.3 is 14.4 Å². The molecule has 0 aliphatic carbocycles. The third-order valence-electron chi connectivity index (χ3n) is 6.60. The van der Waals surface area contributed by atoms with E-state index in [0.29, 0.717) is 28.3 Å². The van der Waals surface area contributed by atoms with Crippen molar-refractivity contribution in [3.05, 3.63) is 75.7 Å². The van der Waals surface area contributed by atoms with Crippen LogP contribution in [0.5, 0.6) is 11.5 Å². The number of hydrogen-bond acceptors (Lipinski definition) is 6. The Morgan fingerprint density at radius 1 is 1.14 bits per heavy atom. The molecule has 5 rings (SSSR count). The SMILES string of the molecule is COc1ccc([C@@H]2CCCN2C(=O)Cn2cnc3scc(-c4ccc(C)cc4)c3c2=O)c(OC)c1. The number of amides is 1. The molecule has 2 aromatic heterocycles. The molecule has 0 unspecified atom stereocenters. The number of likely N-dealkylation sites (tertiary alicyclic amines) is 1. The van der Waals surface area contributed by atoms with Crippen molar-refractivity contribution < 1.29 is 14.3 Å². The Morgan fingerprint density at radius 3 is 2.69 bits per heavy atom. The van der Waals surface area contributed by atoms with E-state index < -0.39 is 0 Å². The zero-order valence-corrected chi connectivity index (χ0v) is 20.8. The van der Waals surface area contributed by atoms with Gasteiger partial charge >= 0.3 is 0 Å². The Morgan fingerprint density at radius 2 is 1.94 bits per heavy atom. The van der Waals surface area contributed by atoms with Crippen molar-refractivity contribution in [3.63, 3.8) is 0 Å². The minimum Gasteiger partial charge on any atom is -0.497 e. The van der Waals surface area contributed by atoms with E-state index in [-0.39, 0.29) is 24.1 Å². The molecule has 0 N–H and O–H groups in total. The maximum Gasteiger partial charge on any atom is 0.263 e. The first-order valence-corrected chi connectivity index (χ1v) is 12.4. The van der Waals surface area contributed by atoms with Gasteiger partial charge in [-0.05, 0) is 37.5 Å². The summed E-state index contributed by atoms with van der Waals surface area (Å²) in [5.41, 5.74) is 3.72. The van der Waals surface area contributed by atoms with Crippen LogP contribution in [0.15, 0.2) is 59.0 Å². The van der Waals surface area contributed by atoms with Gasteiger partial charge in [-0.3, -0.25) is 14.2 Å². The van der Waals surface area contributed by atoms with E-state index in [0.717, 1.165) is 35.1 Å². The lowest BCUT2D eigenvalue weighted by Crippen LogP contribution is -2.36. The van der Waals surface area contributed by atoms with Crippen LogP contribution in [0.3, 0.4) is 0 Å². The molecule has 1 saturated heterocycles. The van der Waals surface area contributed by atoms with Crippen LogP contribution in [0.2, 0.25) is 0 Å². The van der Waals surface area contributed by atoms with Crippen molar-refractivity contribution >= 4 is 27.5 Å². The molecular weight excluding hydrogens is 462 g/mol. The van der Waals surface area contributed by atoms with Crippen molar-refractivity contribution in [2.75, 3.05) is 20.8 Å². The maximum atomic E-state index is 13.4. The van der Waals surface area contributed by atoms with E-state index in [1.807, 2.05) is 59.7 Å². The van der Waals surface area contributed by atoms with Crippen LogP contribution in [0.25, 0.3) is 21.3 Å². The second-order valence-electron chi connectivity index (χ2n) is 8.73. The first-order valence-electron chi connectivity index (χ1n) is 11.5. The first-order chi connectivity index (χ1) is 17.0. The zero-order valence-electron chi connectivity index (χ0n) is 20.0. The average Bonchev–Trinajstić information content (AvgIpc) is 3.54. The number of benzene rings is 2. The van der Waals surface area contributed by atoms with Gasteiger partial charge in [0.25, 0.3) is 5.56 Å². The first kappa shape index (κ1) is 23.1. The van der Waals surface area contributed by atoms with Crippen molar-refractivity contribution in [2.45, 2.75) is 32.4 Å². The number of thiophene rings is 1. The van der Waals surface area contributed by atoms with Crippen LogP contribution in [-0.2, 0) is 11.3 Å². The van der Waals surface area contributed by atoms with E-state index >= 15 is 0 Å². The summed E-state index contributed by atoms with van der Waals surface area (Å²) in [5, 5.41) is 2.52. The number of aromatic nitrogens is 2. The number of methoxy groups -OCH3 is 2. The van der Waals surface area contributed by atoms with Crippen molar-refractivity contribution in [1.29, 1.82) is 0 Å². The highest BCUT2D eigenvalue weighted by atomic mass is 32.1. The van der Waals surface area contributed by atoms with Gasteiger partial charge in [-0.2, -0.15) is 0 Å². The minimum absolute atomic E-state index is 0.0556. The lowest BCUT2D eigenvalue weighted by molar-refractivity contribution is -0.132. The molecular formula is C27H27N3O4S. The van der Waals surface area contributed by atoms with Crippen LogP contribution in [-0.4, -0.2) is 41.1 Å². The monoisotopic (exact) mass is 489 g/mol. The quantitative estimate of drug-likeness (QED) is 0.388. The molecule has 35 heavy (non-hydrogen) atoms. The molecule has 0 spiro atoms. The predicted molar refractivity (Wildman–Crippen MR) is 137 cm³/mol. The van der Waals surface area contributed by atoms with Gasteiger partial charge in [-0.1, -0.05) is 29.8 Å². The van der Waals surface area contributed by atoms with Gasteiger partial charge in [-0.15, -0.1) is 11.3 Å². The minimum atomic E-state index is -0.196. The Hall–Kier alpha value is -3.65. The highest BCUT2D eigenvalue weighted by molar-refractivity contribution is 7.17. The summed E-state index contributed by atoms with van der Waals surface area (Å²) in [4.78, 5) is 33.9. The average molecular weight is 490 g/mol. The molecule has 7 nitrogen and oxygen atoms in total. The number of aryl methyl sites for hydroxylation is 1. The topological polar surface area (TPSA) is 73.7 Å². The summed E-state index contributed by atoms with van der Waals surface area (Å²) < 4.78 is 12.3. The molecule has 0 saturated carbocycles. The maximum absolute atomic E-state index is 13.4. The summed E-state index contributed by atoms with van der Waals surface area (Å²) in [7, 11) is 3.23. The third kappa shape index (κ3) is 4.30. The second-order valence-corrected chi connectivity index (χ2v) is 9.58. The van der Waals surface area contributed by atoms with E-state index in [1.165, 1.54) is 22.2 Å². The number of fused-ring (bicyclic) bond motifs is 1. The van der Waals surface area contributed by atoms with Gasteiger partial charge in [0.15, 0.2) is 0 Å². The fourth-order valence-electron chi connectivity index (χ4n) is 4.74. The van der Waals surface area contributed by atoms with E-state index in [4.69, 9.17) is 9.47 Å². The molecule has 1 aliphatic heterocycles. The molecule has 3 heterocycles. The highest BCUT2D eigenvalue weighted by Gasteiger charge is 2.32. The molecule has 1 fully saturated rings. The van der Waals surface area contributed by atoms with Crippen LogP contribution in [0, 0.1) is 6.92 Å². The van der Waals surface area contributed by atoms with Gasteiger partial charge in [-0.25, -0.2) is 4.98 Å². The number of carbonyl (C=O) groups excluding carboxylic acids is 1. The molecule has 1 aliphatic rings. The Kier molecular flexibility index (Phi) is 6.30. The van der Waals surface area contributed by atoms with Gasteiger partial charge in [0, 0.05) is 29.1 Å². The molecule has 2 aromatic carbocycles. The van der Waals surface area contributed by atoms with E-state index in [9.17, 15) is 9.59 Å². The normalized spacial score (nSPS) is 15.5. The lowest BCUT2D eigenvalue weighted by Gasteiger charge is -2.27. The largest absolute Gasteiger partial charge is 0.497 e. The summed E-state index contributed by atoms with van der Waals surface area (Å²) >= 11 is 1.44. The van der Waals surface area contributed by atoms with Crippen LogP contribution in [0.4, 0.5) is 0 Å². The van der Waals surface area contributed by atoms with Crippen LogP contribution in [0.1, 0.15) is 30.0 Å². The molecule has 8 heteroatoms. The van der Waals surface area contributed by atoms with Crippen molar-refractivity contribution in [1.82, 2.24) is 14.5 Å². The number of nitrogens with zero attached hydrogens (tertiary/aromatic N) is 3. The molecule has 0 radical (unpaired) electrons. The molecule has 180 valence electrons. The van der Waals surface area contributed by atoms with Gasteiger partial charge in [0.05, 0.1) is 32.0 Å². The predicted octanol–water partition coefficient (Wildman–Crippen LogP) is 4.81. The third-order valence-corrected chi connectivity index (χ3v) is 7.49. The standard InChI is InChI=1S/C27H27N3O4S/c1-17-6-8-18(9-7-17)21-15-35-26-25(21)27(32)29(16-28-26)14-24(31)30-12-4-5-22(30)20-11-10-19(33-2)13-23(20)34-3/h6-11,13,15-16,22H,4-5,12,14H2,1-3H3/t22-/m0/s1. The summed E-state index contributed by atoms with van der Waals surface area (Å²) in [5.74, 6) is 1.28. The fourth-order valence-corrected chi connectivity index (χ4v) is 5.65. The summed E-state index contributed by atoms with van der Waals surface area (Å²) in [6.45, 7) is 2.61. The van der Waals surface area contributed by atoms with E-state index in [1.54, 1.807) is 14.2 Å². The smallest absolute Gasteiger partial charge is 0.263 e. The van der Waals surface area contributed by atoms with Crippen molar-refractivity contribution in [2.24, 2.45) is 0 Å². The van der Waals surface area contributed by atoms with Gasteiger partial charge in [0.2, 0.25) is 5.91 Å². The van der Waals surface area contributed by atoms with Crippen LogP contribution < -0.4 is 15.0 Å². The van der Waals surface area contributed by atoms with E-state index in [2.05, 4.69) is 4.98 Å². The number of ether oxygens (including phenoxy) is 2.